The molecule has 1 amide bonds. The third kappa shape index (κ3) is 6.79. The molecule has 3 aromatic carbocycles. The van der Waals surface area contributed by atoms with E-state index in [0.717, 1.165) is 16.7 Å². The van der Waals surface area contributed by atoms with Gasteiger partial charge in [-0.05, 0) is 65.8 Å². The molecule has 0 saturated carbocycles. The van der Waals surface area contributed by atoms with E-state index >= 15 is 0 Å². The van der Waals surface area contributed by atoms with E-state index in [1.165, 1.54) is 16.1 Å². The molecule has 0 unspecified atom stereocenters. The van der Waals surface area contributed by atoms with E-state index in [-0.39, 0.29) is 17.9 Å². The third-order valence-electron chi connectivity index (χ3n) is 5.89. The molecule has 0 aliphatic heterocycles. The summed E-state index contributed by atoms with van der Waals surface area (Å²) in [4.78, 5) is 12.6. The molecule has 0 saturated heterocycles. The lowest BCUT2D eigenvalue weighted by Crippen LogP contribution is -2.29. The first-order valence-corrected chi connectivity index (χ1v) is 13.3. The van der Waals surface area contributed by atoms with Crippen molar-refractivity contribution in [3.05, 3.63) is 101 Å². The van der Waals surface area contributed by atoms with Gasteiger partial charge in [0.1, 0.15) is 0 Å². The van der Waals surface area contributed by atoms with Gasteiger partial charge >= 0.3 is 0 Å². The van der Waals surface area contributed by atoms with E-state index in [2.05, 4.69) is 43.4 Å². The van der Waals surface area contributed by atoms with Crippen LogP contribution in [0.15, 0.2) is 77.9 Å². The van der Waals surface area contributed by atoms with Crippen LogP contribution in [0.1, 0.15) is 60.3 Å². The summed E-state index contributed by atoms with van der Waals surface area (Å²) in [5.41, 5.74) is 8.30. The van der Waals surface area contributed by atoms with Crippen LogP contribution in [-0.4, -0.2) is 26.3 Å². The van der Waals surface area contributed by atoms with Crippen LogP contribution in [-0.2, 0) is 22.0 Å². The van der Waals surface area contributed by atoms with E-state index in [9.17, 15) is 13.2 Å². The van der Waals surface area contributed by atoms with Crippen LogP contribution in [0.25, 0.3) is 0 Å². The summed E-state index contributed by atoms with van der Waals surface area (Å²) in [5.74, 6) is -0.368. The number of aryl methyl sites for hydroxylation is 1. The van der Waals surface area contributed by atoms with Crippen molar-refractivity contribution in [3.8, 4) is 0 Å². The fourth-order valence-electron chi connectivity index (χ4n) is 3.60. The number of anilines is 1. The average Bonchev–Trinajstić information content (AvgIpc) is 2.80. The highest BCUT2D eigenvalue weighted by Gasteiger charge is 2.19. The number of carbonyl (C=O) groups is 1. The first-order valence-electron chi connectivity index (χ1n) is 11.4. The molecule has 0 bridgehead atoms. The van der Waals surface area contributed by atoms with Crippen LogP contribution >= 0.6 is 0 Å². The molecule has 7 heteroatoms. The Balaban J connectivity index is 1.73. The van der Waals surface area contributed by atoms with Crippen molar-refractivity contribution in [1.29, 1.82) is 0 Å². The zero-order valence-corrected chi connectivity index (χ0v) is 22.0. The Hall–Kier alpha value is -3.45. The monoisotopic (exact) mass is 491 g/mol. The Labute approximate surface area is 208 Å². The number of nitrogens with one attached hydrogen (secondary N) is 1. The summed E-state index contributed by atoms with van der Waals surface area (Å²) in [5, 5.41) is 4.24. The van der Waals surface area contributed by atoms with Crippen molar-refractivity contribution in [3.63, 3.8) is 0 Å². The molecule has 0 atom stereocenters. The lowest BCUT2D eigenvalue weighted by atomic mass is 9.86. The molecule has 0 fully saturated rings. The molecule has 3 rings (SSSR count). The predicted molar refractivity (Wildman–Crippen MR) is 143 cm³/mol. The zero-order chi connectivity index (χ0) is 25.8. The van der Waals surface area contributed by atoms with Gasteiger partial charge in [0.2, 0.25) is 10.0 Å². The number of benzene rings is 3. The Bertz CT molecular complexity index is 1320. The Kier molecular flexibility index (Phi) is 7.80. The quantitative estimate of drug-likeness (QED) is 0.354. The van der Waals surface area contributed by atoms with Crippen molar-refractivity contribution >= 4 is 27.3 Å². The molecule has 6 nitrogen and oxygen atoms in total. The molecule has 0 spiro atoms. The van der Waals surface area contributed by atoms with Gasteiger partial charge in [-0.25, -0.2) is 13.8 Å². The van der Waals surface area contributed by atoms with Gasteiger partial charge in [-0.15, -0.1) is 0 Å². The standard InChI is InChI=1S/C28H33N3O3S/c1-20-9-7-8-10-24(20)19-31(35(6,33)34)26-17-13-23(14-18-26)27(32)30-29-21(2)22-11-15-25(16-12-22)28(3,4)5/h7-18H,19H2,1-6H3,(H,30,32)/b29-21-. The van der Waals surface area contributed by atoms with Crippen LogP contribution < -0.4 is 9.73 Å². The van der Waals surface area contributed by atoms with Crippen molar-refractivity contribution in [1.82, 2.24) is 5.43 Å². The van der Waals surface area contributed by atoms with Crippen LogP contribution in [0, 0.1) is 6.92 Å². The second kappa shape index (κ2) is 10.4. The summed E-state index contributed by atoms with van der Waals surface area (Å²) < 4.78 is 26.3. The minimum atomic E-state index is -3.52. The van der Waals surface area contributed by atoms with Crippen molar-refractivity contribution in [2.24, 2.45) is 5.10 Å². The van der Waals surface area contributed by atoms with Crippen LogP contribution in [0.4, 0.5) is 5.69 Å². The highest BCUT2D eigenvalue weighted by Crippen LogP contribution is 2.23. The molecule has 0 aliphatic carbocycles. The number of sulfonamides is 1. The highest BCUT2D eigenvalue weighted by atomic mass is 32.2. The summed E-state index contributed by atoms with van der Waals surface area (Å²) in [6.45, 7) is 10.5. The first kappa shape index (κ1) is 26.2. The first-order chi connectivity index (χ1) is 16.4. The van der Waals surface area contributed by atoms with Crippen molar-refractivity contribution in [2.45, 2.75) is 46.6 Å². The molecular formula is C28H33N3O3S. The fourth-order valence-corrected chi connectivity index (χ4v) is 4.47. The van der Waals surface area contributed by atoms with Gasteiger partial charge in [0, 0.05) is 5.56 Å². The molecule has 0 radical (unpaired) electrons. The third-order valence-corrected chi connectivity index (χ3v) is 7.03. The zero-order valence-electron chi connectivity index (χ0n) is 21.2. The Morgan fingerprint density at radius 3 is 2.03 bits per heavy atom. The smallest absolute Gasteiger partial charge is 0.267 e. The lowest BCUT2D eigenvalue weighted by Gasteiger charge is -2.23. The van der Waals surface area contributed by atoms with Crippen LogP contribution in [0.2, 0.25) is 0 Å². The minimum Gasteiger partial charge on any atom is -0.267 e. The topological polar surface area (TPSA) is 78.8 Å². The molecule has 35 heavy (non-hydrogen) atoms. The lowest BCUT2D eigenvalue weighted by molar-refractivity contribution is 0.0955. The van der Waals surface area contributed by atoms with Gasteiger partial charge < -0.3 is 0 Å². The second-order valence-electron chi connectivity index (χ2n) is 9.71. The maximum atomic E-state index is 12.6. The van der Waals surface area contributed by atoms with E-state index in [1.807, 2.05) is 50.2 Å². The number of nitrogens with zero attached hydrogens (tertiary/aromatic N) is 2. The van der Waals surface area contributed by atoms with E-state index < -0.39 is 10.0 Å². The SMILES string of the molecule is C/C(=N/NC(=O)c1ccc(N(Cc2ccccc2C)S(C)(=O)=O)cc1)c1ccc(C(C)(C)C)cc1. The number of amides is 1. The minimum absolute atomic E-state index is 0.0660. The van der Waals surface area contributed by atoms with Gasteiger partial charge in [-0.1, -0.05) is 69.3 Å². The number of hydrazone groups is 1. The van der Waals surface area contributed by atoms with Gasteiger partial charge in [0.15, 0.2) is 0 Å². The van der Waals surface area contributed by atoms with Crippen LogP contribution in [0.5, 0.6) is 0 Å². The molecule has 0 heterocycles. The molecule has 0 aliphatic rings. The normalized spacial score (nSPS) is 12.3. The van der Waals surface area contributed by atoms with Gasteiger partial charge in [-0.2, -0.15) is 5.10 Å². The largest absolute Gasteiger partial charge is 0.271 e. The van der Waals surface area contributed by atoms with Crippen molar-refractivity contribution < 1.29 is 13.2 Å². The maximum Gasteiger partial charge on any atom is 0.271 e. The predicted octanol–water partition coefficient (Wildman–Crippen LogP) is 5.41. The fraction of sp³-hybridized carbons (Fsp3) is 0.286. The average molecular weight is 492 g/mol. The van der Waals surface area contributed by atoms with Crippen molar-refractivity contribution in [2.75, 3.05) is 10.6 Å². The maximum absolute atomic E-state index is 12.6. The summed E-state index contributed by atoms with van der Waals surface area (Å²) in [7, 11) is -3.52. The molecule has 184 valence electrons. The Morgan fingerprint density at radius 1 is 0.914 bits per heavy atom. The summed E-state index contributed by atoms with van der Waals surface area (Å²) >= 11 is 0. The number of rotatable bonds is 7. The number of carbonyl (C=O) groups excluding carboxylic acids is 1. The number of hydrogen-bond donors (Lipinski definition) is 1. The highest BCUT2D eigenvalue weighted by molar-refractivity contribution is 7.92. The second-order valence-corrected chi connectivity index (χ2v) is 11.6. The van der Waals surface area contributed by atoms with E-state index in [1.54, 1.807) is 24.3 Å². The van der Waals surface area contributed by atoms with Crippen LogP contribution in [0.3, 0.4) is 0 Å². The van der Waals surface area contributed by atoms with Gasteiger partial charge in [-0.3, -0.25) is 9.10 Å². The number of hydrogen-bond acceptors (Lipinski definition) is 4. The molecule has 3 aromatic rings. The summed E-state index contributed by atoms with van der Waals surface area (Å²) in [6, 6.07) is 22.3. The summed E-state index contributed by atoms with van der Waals surface area (Å²) in [6.07, 6.45) is 1.18. The molecule has 1 N–H and O–H groups in total. The molecular weight excluding hydrogens is 458 g/mol. The van der Waals surface area contributed by atoms with Gasteiger partial charge in [0.05, 0.1) is 24.2 Å². The van der Waals surface area contributed by atoms with Gasteiger partial charge in [0.25, 0.3) is 5.91 Å². The Morgan fingerprint density at radius 2 is 1.49 bits per heavy atom. The molecule has 0 aromatic heterocycles. The van der Waals surface area contributed by atoms with E-state index in [0.29, 0.717) is 17.0 Å². The van der Waals surface area contributed by atoms with E-state index in [4.69, 9.17) is 0 Å².